The number of benzene rings is 1. The fourth-order valence-corrected chi connectivity index (χ4v) is 3.42. The van der Waals surface area contributed by atoms with Gasteiger partial charge in [0.1, 0.15) is 17.8 Å². The molecular weight excluding hydrogens is 389 g/mol. The van der Waals surface area contributed by atoms with Crippen LogP contribution in [0.15, 0.2) is 30.7 Å². The molecule has 28 heavy (non-hydrogen) atoms. The lowest BCUT2D eigenvalue weighted by Gasteiger charge is -2.27. The van der Waals surface area contributed by atoms with Crippen LogP contribution in [0, 0.1) is 5.82 Å². The van der Waals surface area contributed by atoms with Gasteiger partial charge >= 0.3 is 6.09 Å². The van der Waals surface area contributed by atoms with E-state index in [4.69, 9.17) is 21.4 Å². The lowest BCUT2D eigenvalue weighted by Crippen LogP contribution is -2.35. The third-order valence-corrected chi connectivity index (χ3v) is 4.94. The molecule has 1 amide bonds. The molecule has 2 aromatic heterocycles. The molecule has 0 radical (unpaired) electrons. The molecule has 0 unspecified atom stereocenters. The first kappa shape index (κ1) is 18.5. The molecule has 0 spiro atoms. The number of morpholine rings is 1. The van der Waals surface area contributed by atoms with Gasteiger partial charge in [-0.25, -0.2) is 18.7 Å². The van der Waals surface area contributed by atoms with E-state index in [0.29, 0.717) is 30.0 Å². The van der Waals surface area contributed by atoms with Gasteiger partial charge in [-0.3, -0.25) is 0 Å². The highest BCUT2D eigenvalue weighted by Crippen LogP contribution is 2.32. The predicted octanol–water partition coefficient (Wildman–Crippen LogP) is 2.79. The van der Waals surface area contributed by atoms with E-state index in [9.17, 15) is 9.18 Å². The molecule has 3 aromatic rings. The Bertz CT molecular complexity index is 1040. The smallest absolute Gasteiger partial charge is 0.404 e. The van der Waals surface area contributed by atoms with Gasteiger partial charge in [-0.15, -0.1) is 0 Å². The summed E-state index contributed by atoms with van der Waals surface area (Å²) in [5.41, 5.74) is 2.59. The number of hydrogen-bond donors (Lipinski definition) is 2. The first-order valence-electron chi connectivity index (χ1n) is 8.64. The normalized spacial score (nSPS) is 14.4. The zero-order chi connectivity index (χ0) is 19.7. The number of carboxylic acid groups (broad SMARTS) is 1. The number of nitrogens with one attached hydrogen (secondary N) is 1. The summed E-state index contributed by atoms with van der Waals surface area (Å²) in [6.07, 6.45) is 2.02. The van der Waals surface area contributed by atoms with Gasteiger partial charge in [0.05, 0.1) is 30.6 Å². The van der Waals surface area contributed by atoms with Crippen LogP contribution in [0.1, 0.15) is 5.56 Å². The number of hydrogen-bond acceptors (Lipinski definition) is 5. The number of carbonyl (C=O) groups is 1. The van der Waals surface area contributed by atoms with Crippen LogP contribution in [-0.2, 0) is 11.3 Å². The van der Waals surface area contributed by atoms with Crippen molar-refractivity contribution >= 4 is 28.9 Å². The van der Waals surface area contributed by atoms with E-state index in [1.165, 1.54) is 18.5 Å². The molecule has 4 rings (SSSR count). The average Bonchev–Trinajstić information content (AvgIpc) is 3.13. The molecule has 1 aliphatic rings. The Morgan fingerprint density at radius 2 is 2.11 bits per heavy atom. The van der Waals surface area contributed by atoms with E-state index in [1.54, 1.807) is 4.52 Å². The maximum atomic E-state index is 14.8. The molecule has 1 fully saturated rings. The topological polar surface area (TPSA) is 92.0 Å². The minimum Gasteiger partial charge on any atom is -0.465 e. The molecule has 10 heteroatoms. The van der Waals surface area contributed by atoms with Gasteiger partial charge in [-0.2, -0.15) is 5.10 Å². The van der Waals surface area contributed by atoms with E-state index in [1.807, 2.05) is 12.3 Å². The second-order valence-electron chi connectivity index (χ2n) is 6.32. The number of halogens is 2. The summed E-state index contributed by atoms with van der Waals surface area (Å²) in [5.74, 6) is -0.540. The molecule has 146 valence electrons. The van der Waals surface area contributed by atoms with E-state index in [2.05, 4.69) is 20.3 Å². The third kappa shape index (κ3) is 3.58. The molecule has 8 nitrogen and oxygen atoms in total. The van der Waals surface area contributed by atoms with Gasteiger partial charge in [-0.1, -0.05) is 11.6 Å². The first-order valence-corrected chi connectivity index (χ1v) is 9.02. The monoisotopic (exact) mass is 405 g/mol. The fraction of sp³-hybridized carbons (Fsp3) is 0.278. The number of fused-ring (bicyclic) bond motifs is 1. The second kappa shape index (κ2) is 7.61. The standard InChI is InChI=1S/C18H17ClFN5O3/c19-14-7-13(15(20)5-11(14)8-21-18(26)27)17-16-6-12(9-25(16)23-10-22-17)24-1-3-28-4-2-24/h5-7,9-10,21H,1-4,8H2,(H,26,27). The van der Waals surface area contributed by atoms with Crippen LogP contribution in [0.5, 0.6) is 0 Å². The Balaban J connectivity index is 1.73. The van der Waals surface area contributed by atoms with Crippen molar-refractivity contribution in [3.8, 4) is 11.3 Å². The summed E-state index contributed by atoms with van der Waals surface area (Å²) in [5, 5.41) is 15.4. The highest BCUT2D eigenvalue weighted by Gasteiger charge is 2.18. The van der Waals surface area contributed by atoms with Crippen molar-refractivity contribution in [1.29, 1.82) is 0 Å². The Kier molecular flexibility index (Phi) is 5.01. The number of amides is 1. The molecule has 2 N–H and O–H groups in total. The largest absolute Gasteiger partial charge is 0.465 e. The van der Waals surface area contributed by atoms with E-state index >= 15 is 0 Å². The average molecular weight is 406 g/mol. The minimum absolute atomic E-state index is 0.0865. The molecule has 0 bridgehead atoms. The van der Waals surface area contributed by atoms with E-state index < -0.39 is 11.9 Å². The summed E-state index contributed by atoms with van der Waals surface area (Å²) in [7, 11) is 0. The van der Waals surface area contributed by atoms with Crippen LogP contribution in [0.4, 0.5) is 14.9 Å². The van der Waals surface area contributed by atoms with Crippen LogP contribution < -0.4 is 10.2 Å². The van der Waals surface area contributed by atoms with Crippen LogP contribution >= 0.6 is 11.6 Å². The highest BCUT2D eigenvalue weighted by molar-refractivity contribution is 6.31. The molecule has 0 aliphatic carbocycles. The summed E-state index contributed by atoms with van der Waals surface area (Å²) < 4.78 is 21.8. The number of anilines is 1. The molecule has 1 saturated heterocycles. The molecule has 1 aromatic carbocycles. The lowest BCUT2D eigenvalue weighted by atomic mass is 10.1. The van der Waals surface area contributed by atoms with Crippen molar-refractivity contribution < 1.29 is 19.0 Å². The van der Waals surface area contributed by atoms with Gasteiger partial charge in [0.15, 0.2) is 0 Å². The maximum Gasteiger partial charge on any atom is 0.404 e. The number of rotatable bonds is 4. The summed E-state index contributed by atoms with van der Waals surface area (Å²) in [4.78, 5) is 17.1. The third-order valence-electron chi connectivity index (χ3n) is 4.59. The highest BCUT2D eigenvalue weighted by atomic mass is 35.5. The van der Waals surface area contributed by atoms with Gasteiger partial charge in [0, 0.05) is 30.2 Å². The Hall–Kier alpha value is -2.91. The van der Waals surface area contributed by atoms with Crippen molar-refractivity contribution in [3.63, 3.8) is 0 Å². The van der Waals surface area contributed by atoms with Gasteiger partial charge in [0.25, 0.3) is 0 Å². The maximum absolute atomic E-state index is 14.8. The lowest BCUT2D eigenvalue weighted by molar-refractivity contribution is 0.122. The minimum atomic E-state index is -1.21. The van der Waals surface area contributed by atoms with Crippen molar-refractivity contribution in [2.24, 2.45) is 0 Å². The van der Waals surface area contributed by atoms with Crippen molar-refractivity contribution in [1.82, 2.24) is 19.9 Å². The Labute approximate surface area is 164 Å². The molecule has 1 aliphatic heterocycles. The van der Waals surface area contributed by atoms with Gasteiger partial charge in [-0.05, 0) is 23.8 Å². The SMILES string of the molecule is O=C(O)NCc1cc(F)c(-c2ncnn3cc(N4CCOCC4)cc23)cc1Cl. The summed E-state index contributed by atoms with van der Waals surface area (Å²) in [6, 6.07) is 4.59. The van der Waals surface area contributed by atoms with E-state index in [-0.39, 0.29) is 17.1 Å². The second-order valence-corrected chi connectivity index (χ2v) is 6.73. The predicted molar refractivity (Wildman–Crippen MR) is 101 cm³/mol. The molecule has 0 atom stereocenters. The van der Waals surface area contributed by atoms with Gasteiger partial charge < -0.3 is 20.1 Å². The van der Waals surface area contributed by atoms with E-state index in [0.717, 1.165) is 18.8 Å². The van der Waals surface area contributed by atoms with Gasteiger partial charge in [0.2, 0.25) is 0 Å². The van der Waals surface area contributed by atoms with Crippen LogP contribution in [0.25, 0.3) is 16.8 Å². The summed E-state index contributed by atoms with van der Waals surface area (Å²) in [6.45, 7) is 2.76. The van der Waals surface area contributed by atoms with Crippen LogP contribution in [0.2, 0.25) is 5.02 Å². The van der Waals surface area contributed by atoms with Crippen LogP contribution in [0.3, 0.4) is 0 Å². The molecule has 0 saturated carbocycles. The summed E-state index contributed by atoms with van der Waals surface area (Å²) >= 11 is 6.24. The molecule has 3 heterocycles. The van der Waals surface area contributed by atoms with Crippen molar-refractivity contribution in [3.05, 3.63) is 47.1 Å². The quantitative estimate of drug-likeness (QED) is 0.693. The zero-order valence-corrected chi connectivity index (χ0v) is 15.5. The number of nitrogens with zero attached hydrogens (tertiary/aromatic N) is 4. The Morgan fingerprint density at radius 1 is 1.32 bits per heavy atom. The molecular formula is C18H17ClFN5O3. The van der Waals surface area contributed by atoms with Crippen LogP contribution in [-0.4, -0.2) is 52.1 Å². The number of aromatic nitrogens is 3. The Morgan fingerprint density at radius 3 is 2.86 bits per heavy atom. The first-order chi connectivity index (χ1) is 13.5. The van der Waals surface area contributed by atoms with Crippen molar-refractivity contribution in [2.75, 3.05) is 31.2 Å². The fourth-order valence-electron chi connectivity index (χ4n) is 3.19. The van der Waals surface area contributed by atoms with Crippen molar-refractivity contribution in [2.45, 2.75) is 6.54 Å². The number of ether oxygens (including phenoxy) is 1. The zero-order valence-electron chi connectivity index (χ0n) is 14.7.